The van der Waals surface area contributed by atoms with Crippen molar-refractivity contribution < 1.29 is 22.4 Å². The molecule has 2 aliphatic heterocycles. The van der Waals surface area contributed by atoms with Gasteiger partial charge in [-0.05, 0) is 57.2 Å². The van der Waals surface area contributed by atoms with Gasteiger partial charge < -0.3 is 14.5 Å². The van der Waals surface area contributed by atoms with Crippen molar-refractivity contribution in [2.24, 2.45) is 0 Å². The molecule has 1 amide bonds. The lowest BCUT2D eigenvalue weighted by Gasteiger charge is -2.32. The van der Waals surface area contributed by atoms with E-state index in [-0.39, 0.29) is 29.4 Å². The Kier molecular flexibility index (Phi) is 4.72. The molecule has 3 heterocycles. The van der Waals surface area contributed by atoms with E-state index in [1.807, 2.05) is 26.8 Å². The maximum Gasteiger partial charge on any atom is 0.340 e. The topological polar surface area (TPSA) is 103 Å². The summed E-state index contributed by atoms with van der Waals surface area (Å²) in [5.74, 6) is 0.389. The van der Waals surface area contributed by atoms with Gasteiger partial charge in [-0.25, -0.2) is 13.2 Å². The van der Waals surface area contributed by atoms with Gasteiger partial charge in [0.25, 0.3) is 0 Å². The van der Waals surface area contributed by atoms with Crippen molar-refractivity contribution in [1.82, 2.24) is 5.32 Å². The molecule has 1 aromatic heterocycles. The average molecular weight is 419 g/mol. The lowest BCUT2D eigenvalue weighted by molar-refractivity contribution is -0.121. The van der Waals surface area contributed by atoms with Crippen molar-refractivity contribution in [2.75, 3.05) is 11.5 Å². The number of fused-ring (bicyclic) bond motifs is 2. The number of amides is 1. The SMILES string of the molecule is Cc1c(CC(=O)N[C@H]2CCS(=O)(=O)C2)c(=O)oc2cc3c(cc12)CCC(C)(C)O3. The van der Waals surface area contributed by atoms with Gasteiger partial charge in [0.1, 0.15) is 16.9 Å². The van der Waals surface area contributed by atoms with Crippen LogP contribution in [0.2, 0.25) is 0 Å². The monoisotopic (exact) mass is 419 g/mol. The van der Waals surface area contributed by atoms with E-state index in [4.69, 9.17) is 9.15 Å². The van der Waals surface area contributed by atoms with Gasteiger partial charge in [0.15, 0.2) is 9.84 Å². The Morgan fingerprint density at radius 1 is 1.31 bits per heavy atom. The molecule has 1 N–H and O–H groups in total. The van der Waals surface area contributed by atoms with E-state index < -0.39 is 21.5 Å². The first-order valence-corrected chi connectivity index (χ1v) is 11.6. The highest BCUT2D eigenvalue weighted by Gasteiger charge is 2.30. The average Bonchev–Trinajstić information content (AvgIpc) is 2.95. The van der Waals surface area contributed by atoms with Gasteiger partial charge in [-0.1, -0.05) is 0 Å². The van der Waals surface area contributed by atoms with Gasteiger partial charge in [0.2, 0.25) is 5.91 Å². The molecular formula is C21H25NO6S. The summed E-state index contributed by atoms with van der Waals surface area (Å²) in [6.45, 7) is 5.86. The number of benzene rings is 1. The van der Waals surface area contributed by atoms with Gasteiger partial charge in [-0.3, -0.25) is 4.79 Å². The molecule has 0 radical (unpaired) electrons. The van der Waals surface area contributed by atoms with E-state index in [2.05, 4.69) is 5.32 Å². The van der Waals surface area contributed by atoms with E-state index >= 15 is 0 Å². The molecule has 156 valence electrons. The number of aryl methyl sites for hydroxylation is 2. The fourth-order valence-electron chi connectivity index (χ4n) is 4.09. The minimum atomic E-state index is -3.08. The highest BCUT2D eigenvalue weighted by Crippen LogP contribution is 2.36. The third kappa shape index (κ3) is 4.03. The fourth-order valence-corrected chi connectivity index (χ4v) is 5.76. The summed E-state index contributed by atoms with van der Waals surface area (Å²) in [7, 11) is -3.08. The molecule has 0 aliphatic carbocycles. The van der Waals surface area contributed by atoms with Crippen molar-refractivity contribution >= 4 is 26.7 Å². The first-order chi connectivity index (χ1) is 13.5. The molecule has 0 spiro atoms. The number of carbonyl (C=O) groups is 1. The number of ether oxygens (including phenoxy) is 1. The molecule has 8 heteroatoms. The molecule has 4 rings (SSSR count). The summed E-state index contributed by atoms with van der Waals surface area (Å²) in [6, 6.07) is 3.34. The highest BCUT2D eigenvalue weighted by molar-refractivity contribution is 7.91. The second-order valence-electron chi connectivity index (χ2n) is 8.66. The highest BCUT2D eigenvalue weighted by atomic mass is 32.2. The third-order valence-corrected chi connectivity index (χ3v) is 7.55. The fraction of sp³-hybridized carbons (Fsp3) is 0.524. The van der Waals surface area contributed by atoms with Crippen LogP contribution in [0.25, 0.3) is 11.0 Å². The normalized spacial score (nSPS) is 22.1. The Balaban J connectivity index is 1.62. The van der Waals surface area contributed by atoms with Crippen molar-refractivity contribution in [3.05, 3.63) is 39.2 Å². The molecule has 1 aromatic carbocycles. The molecule has 0 unspecified atom stereocenters. The van der Waals surface area contributed by atoms with E-state index in [0.29, 0.717) is 23.1 Å². The van der Waals surface area contributed by atoms with Crippen LogP contribution in [0.15, 0.2) is 21.3 Å². The van der Waals surface area contributed by atoms with Crippen LogP contribution in [-0.4, -0.2) is 37.5 Å². The van der Waals surface area contributed by atoms with Gasteiger partial charge in [0, 0.05) is 17.5 Å². The number of hydrogen-bond acceptors (Lipinski definition) is 6. The van der Waals surface area contributed by atoms with Crippen LogP contribution in [0.4, 0.5) is 0 Å². The molecule has 1 saturated heterocycles. The smallest absolute Gasteiger partial charge is 0.340 e. The van der Waals surface area contributed by atoms with Crippen molar-refractivity contribution in [3.8, 4) is 5.75 Å². The number of hydrogen-bond donors (Lipinski definition) is 1. The van der Waals surface area contributed by atoms with Crippen LogP contribution in [0.5, 0.6) is 5.75 Å². The predicted octanol–water partition coefficient (Wildman–Crippen LogP) is 2.05. The quantitative estimate of drug-likeness (QED) is 0.764. The van der Waals surface area contributed by atoms with Crippen LogP contribution in [-0.2, 0) is 27.5 Å². The van der Waals surface area contributed by atoms with E-state index in [1.54, 1.807) is 6.07 Å². The van der Waals surface area contributed by atoms with E-state index in [9.17, 15) is 18.0 Å². The second kappa shape index (κ2) is 6.86. The van der Waals surface area contributed by atoms with Crippen LogP contribution >= 0.6 is 0 Å². The van der Waals surface area contributed by atoms with Crippen molar-refractivity contribution in [3.63, 3.8) is 0 Å². The minimum absolute atomic E-state index is 0.0491. The van der Waals surface area contributed by atoms with Gasteiger partial charge >= 0.3 is 5.63 Å². The zero-order valence-corrected chi connectivity index (χ0v) is 17.6. The van der Waals surface area contributed by atoms with E-state index in [1.165, 1.54) is 0 Å². The summed E-state index contributed by atoms with van der Waals surface area (Å²) in [5, 5.41) is 3.52. The van der Waals surface area contributed by atoms with E-state index in [0.717, 1.165) is 29.5 Å². The Morgan fingerprint density at radius 3 is 2.76 bits per heavy atom. The Labute approximate surface area is 169 Å². The zero-order chi connectivity index (χ0) is 21.0. The predicted molar refractivity (Wildman–Crippen MR) is 109 cm³/mol. The Morgan fingerprint density at radius 2 is 2.07 bits per heavy atom. The maximum absolute atomic E-state index is 12.5. The largest absolute Gasteiger partial charge is 0.487 e. The summed E-state index contributed by atoms with van der Waals surface area (Å²) in [5.41, 5.74) is 1.68. The number of rotatable bonds is 3. The molecule has 7 nitrogen and oxygen atoms in total. The summed E-state index contributed by atoms with van der Waals surface area (Å²) in [6.07, 6.45) is 2.02. The standard InChI is InChI=1S/C21H25NO6S/c1-12-15-8-13-4-6-21(2,3)28-17(13)10-18(15)27-20(24)16(12)9-19(23)22-14-5-7-29(25,26)11-14/h8,10,14H,4-7,9,11H2,1-3H3,(H,22,23)/t14-/m0/s1. The first kappa shape index (κ1) is 19.9. The minimum Gasteiger partial charge on any atom is -0.487 e. The molecule has 2 aliphatic rings. The lowest BCUT2D eigenvalue weighted by atomic mass is 9.92. The lowest BCUT2D eigenvalue weighted by Crippen LogP contribution is -2.37. The Hall–Kier alpha value is -2.35. The summed E-state index contributed by atoms with van der Waals surface area (Å²) < 4.78 is 34.7. The second-order valence-corrected chi connectivity index (χ2v) is 10.9. The first-order valence-electron chi connectivity index (χ1n) is 9.81. The Bertz CT molecular complexity index is 1160. The van der Waals surface area contributed by atoms with Crippen LogP contribution < -0.4 is 15.7 Å². The summed E-state index contributed by atoms with van der Waals surface area (Å²) >= 11 is 0. The summed E-state index contributed by atoms with van der Waals surface area (Å²) in [4.78, 5) is 25.0. The number of nitrogens with one attached hydrogen (secondary N) is 1. The molecule has 2 aromatic rings. The number of sulfone groups is 1. The molecule has 1 fully saturated rings. The molecule has 0 saturated carbocycles. The van der Waals surface area contributed by atoms with Crippen molar-refractivity contribution in [1.29, 1.82) is 0 Å². The molecule has 29 heavy (non-hydrogen) atoms. The van der Waals surface area contributed by atoms with Crippen molar-refractivity contribution in [2.45, 2.75) is 58.1 Å². The third-order valence-electron chi connectivity index (χ3n) is 5.79. The number of carbonyl (C=O) groups excluding carboxylic acids is 1. The maximum atomic E-state index is 12.5. The van der Waals surface area contributed by atoms with Crippen LogP contribution in [0.1, 0.15) is 43.4 Å². The van der Waals surface area contributed by atoms with Gasteiger partial charge in [0.05, 0.1) is 23.5 Å². The van der Waals surface area contributed by atoms with Gasteiger partial charge in [-0.15, -0.1) is 0 Å². The molecule has 1 atom stereocenters. The van der Waals surface area contributed by atoms with Gasteiger partial charge in [-0.2, -0.15) is 0 Å². The zero-order valence-electron chi connectivity index (χ0n) is 16.8. The molecule has 0 bridgehead atoms. The van der Waals surface area contributed by atoms with Crippen LogP contribution in [0.3, 0.4) is 0 Å². The van der Waals surface area contributed by atoms with Crippen LogP contribution in [0, 0.1) is 6.92 Å². The molecular weight excluding hydrogens is 394 g/mol.